The van der Waals surface area contributed by atoms with Gasteiger partial charge in [-0.05, 0) is 0 Å². The Morgan fingerprint density at radius 2 is 0.760 bits per heavy atom. The van der Waals surface area contributed by atoms with Crippen LogP contribution >= 0.6 is 0 Å². The number of nitrogens with one attached hydrogen (secondary N) is 1. The summed E-state index contributed by atoms with van der Waals surface area (Å²) >= 11 is 0. The number of rotatable bonds is 8. The lowest BCUT2D eigenvalue weighted by atomic mass is 10.2. The van der Waals surface area contributed by atoms with Crippen LogP contribution in [0, 0.1) is 0 Å². The van der Waals surface area contributed by atoms with Gasteiger partial charge in [0.25, 0.3) is 0 Å². The van der Waals surface area contributed by atoms with Gasteiger partial charge in [-0.15, -0.1) is 0 Å². The Kier molecular flexibility index (Phi) is 6.05. The van der Waals surface area contributed by atoms with Gasteiger partial charge in [-0.1, -0.05) is 0 Å². The zero-order valence-electron chi connectivity index (χ0n) is 15.3. The van der Waals surface area contributed by atoms with Crippen LogP contribution < -0.4 is 33.7 Å². The van der Waals surface area contributed by atoms with Crippen molar-refractivity contribution in [2.75, 3.05) is 48.0 Å². The molecule has 0 aliphatic heterocycles. The van der Waals surface area contributed by atoms with Crippen molar-refractivity contribution < 1.29 is 28.4 Å². The molecule has 0 bridgehead atoms. The maximum Gasteiger partial charge on any atom is 0.149 e. The van der Waals surface area contributed by atoms with E-state index in [1.807, 2.05) is 0 Å². The average molecular weight is 349 g/mol. The van der Waals surface area contributed by atoms with Crippen LogP contribution in [0.4, 0.5) is 11.4 Å². The van der Waals surface area contributed by atoms with E-state index in [-0.39, 0.29) is 0 Å². The predicted molar refractivity (Wildman–Crippen MR) is 95.5 cm³/mol. The number of hydrogen-bond donors (Lipinski definition) is 1. The van der Waals surface area contributed by atoms with E-state index in [0.29, 0.717) is 45.9 Å². The van der Waals surface area contributed by atoms with Crippen LogP contribution in [0.5, 0.6) is 34.5 Å². The third kappa shape index (κ3) is 3.76. The molecule has 0 aliphatic rings. The molecule has 2 aromatic rings. The second-order valence-corrected chi connectivity index (χ2v) is 4.94. The molecule has 2 aromatic carbocycles. The van der Waals surface area contributed by atoms with Crippen LogP contribution in [0.1, 0.15) is 0 Å². The minimum absolute atomic E-state index is 0.552. The van der Waals surface area contributed by atoms with Crippen molar-refractivity contribution in [3.63, 3.8) is 0 Å². The summed E-state index contributed by atoms with van der Waals surface area (Å²) in [6.45, 7) is 0. The second kappa shape index (κ2) is 8.23. The van der Waals surface area contributed by atoms with Crippen LogP contribution in [0.25, 0.3) is 0 Å². The molecule has 0 aliphatic carbocycles. The first kappa shape index (κ1) is 18.4. The third-order valence-corrected chi connectivity index (χ3v) is 3.68. The standard InChI is InChI=1S/C18H23NO6/c1-20-11-7-13(22-3)17(14(8-11)23-4)19-18-15(24-5)9-12(21-2)10-16(18)25-6/h7-10,19H,1-6H3. The maximum absolute atomic E-state index is 5.47. The number of benzene rings is 2. The van der Waals surface area contributed by atoms with Gasteiger partial charge in [-0.3, -0.25) is 0 Å². The largest absolute Gasteiger partial charge is 0.496 e. The van der Waals surface area contributed by atoms with Crippen LogP contribution in [0.2, 0.25) is 0 Å². The molecule has 0 heterocycles. The van der Waals surface area contributed by atoms with Crippen LogP contribution in [-0.4, -0.2) is 42.7 Å². The fourth-order valence-corrected chi connectivity index (χ4v) is 2.38. The van der Waals surface area contributed by atoms with Crippen molar-refractivity contribution in [1.29, 1.82) is 0 Å². The van der Waals surface area contributed by atoms with Gasteiger partial charge in [-0.25, -0.2) is 0 Å². The van der Waals surface area contributed by atoms with E-state index in [9.17, 15) is 0 Å². The van der Waals surface area contributed by atoms with Gasteiger partial charge in [0.2, 0.25) is 0 Å². The molecular weight excluding hydrogens is 326 g/mol. The van der Waals surface area contributed by atoms with Crippen molar-refractivity contribution in [2.24, 2.45) is 0 Å². The zero-order valence-corrected chi connectivity index (χ0v) is 15.3. The minimum Gasteiger partial charge on any atom is -0.496 e. The molecule has 7 nitrogen and oxygen atoms in total. The lowest BCUT2D eigenvalue weighted by Crippen LogP contribution is -2.03. The molecule has 0 atom stereocenters. The van der Waals surface area contributed by atoms with Crippen molar-refractivity contribution >= 4 is 11.4 Å². The van der Waals surface area contributed by atoms with Gasteiger partial charge >= 0.3 is 0 Å². The van der Waals surface area contributed by atoms with Crippen LogP contribution in [0.3, 0.4) is 0 Å². The minimum atomic E-state index is 0.552. The molecule has 1 N–H and O–H groups in total. The smallest absolute Gasteiger partial charge is 0.149 e. The summed E-state index contributed by atoms with van der Waals surface area (Å²) in [7, 11) is 9.45. The molecule has 0 fully saturated rings. The fraction of sp³-hybridized carbons (Fsp3) is 0.333. The summed E-state index contributed by atoms with van der Waals surface area (Å²) in [5.41, 5.74) is 1.24. The van der Waals surface area contributed by atoms with E-state index in [2.05, 4.69) is 5.32 Å². The van der Waals surface area contributed by atoms with E-state index in [1.54, 1.807) is 66.9 Å². The number of methoxy groups -OCH3 is 6. The summed E-state index contributed by atoms with van der Waals surface area (Å²) in [4.78, 5) is 0. The third-order valence-electron chi connectivity index (χ3n) is 3.68. The molecule has 0 saturated heterocycles. The molecule has 0 unspecified atom stereocenters. The molecule has 0 radical (unpaired) electrons. The molecule has 7 heteroatoms. The van der Waals surface area contributed by atoms with E-state index in [0.717, 1.165) is 0 Å². The van der Waals surface area contributed by atoms with Crippen molar-refractivity contribution in [3.8, 4) is 34.5 Å². The second-order valence-electron chi connectivity index (χ2n) is 4.94. The van der Waals surface area contributed by atoms with Crippen LogP contribution in [-0.2, 0) is 0 Å². The van der Waals surface area contributed by atoms with E-state index in [4.69, 9.17) is 28.4 Å². The molecule has 0 amide bonds. The first-order chi connectivity index (χ1) is 12.1. The molecule has 2 rings (SSSR count). The van der Waals surface area contributed by atoms with Crippen molar-refractivity contribution in [3.05, 3.63) is 24.3 Å². The highest BCUT2D eigenvalue weighted by Gasteiger charge is 2.19. The summed E-state index contributed by atoms with van der Waals surface area (Å²) in [5, 5.41) is 3.27. The van der Waals surface area contributed by atoms with E-state index in [1.165, 1.54) is 0 Å². The molecule has 0 aromatic heterocycles. The first-order valence-electron chi connectivity index (χ1n) is 7.48. The number of ether oxygens (including phenoxy) is 6. The molecule has 0 saturated carbocycles. The Bertz CT molecular complexity index is 620. The lowest BCUT2D eigenvalue weighted by molar-refractivity contribution is 0.375. The van der Waals surface area contributed by atoms with Gasteiger partial charge in [-0.2, -0.15) is 0 Å². The maximum atomic E-state index is 5.47. The molecule has 136 valence electrons. The van der Waals surface area contributed by atoms with Crippen LogP contribution in [0.15, 0.2) is 24.3 Å². The normalized spacial score (nSPS) is 10.0. The number of anilines is 2. The Morgan fingerprint density at radius 3 is 0.960 bits per heavy atom. The van der Waals surface area contributed by atoms with Crippen molar-refractivity contribution in [2.45, 2.75) is 0 Å². The summed E-state index contributed by atoms with van der Waals surface area (Å²) < 4.78 is 32.4. The van der Waals surface area contributed by atoms with Gasteiger partial charge in [0.05, 0.1) is 42.7 Å². The summed E-state index contributed by atoms with van der Waals surface area (Å²) in [6, 6.07) is 7.03. The summed E-state index contributed by atoms with van der Waals surface area (Å²) in [6.07, 6.45) is 0. The SMILES string of the molecule is COc1cc(OC)c(Nc2c(OC)cc(OC)cc2OC)c(OC)c1. The topological polar surface area (TPSA) is 67.4 Å². The molecule has 0 spiro atoms. The van der Waals surface area contributed by atoms with Crippen molar-refractivity contribution in [1.82, 2.24) is 0 Å². The molecular formula is C18H23NO6. The Morgan fingerprint density at radius 1 is 0.480 bits per heavy atom. The van der Waals surface area contributed by atoms with E-state index >= 15 is 0 Å². The average Bonchev–Trinajstić information content (AvgIpc) is 2.67. The number of hydrogen-bond acceptors (Lipinski definition) is 7. The first-order valence-corrected chi connectivity index (χ1v) is 7.48. The summed E-state index contributed by atoms with van der Waals surface area (Å²) in [5.74, 6) is 3.44. The van der Waals surface area contributed by atoms with Gasteiger partial charge in [0.1, 0.15) is 45.9 Å². The Balaban J connectivity index is 2.59. The Labute approximate surface area is 147 Å². The van der Waals surface area contributed by atoms with E-state index < -0.39 is 0 Å². The monoisotopic (exact) mass is 349 g/mol. The van der Waals surface area contributed by atoms with Gasteiger partial charge in [0.15, 0.2) is 0 Å². The highest BCUT2D eigenvalue weighted by atomic mass is 16.5. The lowest BCUT2D eigenvalue weighted by Gasteiger charge is -2.20. The predicted octanol–water partition coefficient (Wildman–Crippen LogP) is 3.48. The zero-order chi connectivity index (χ0) is 18.4. The Hall–Kier alpha value is -2.96. The highest BCUT2D eigenvalue weighted by molar-refractivity contribution is 5.81. The molecule has 25 heavy (non-hydrogen) atoms. The quantitative estimate of drug-likeness (QED) is 0.782. The van der Waals surface area contributed by atoms with Gasteiger partial charge in [0, 0.05) is 24.3 Å². The highest BCUT2D eigenvalue weighted by Crippen LogP contribution is 2.46. The fourth-order valence-electron chi connectivity index (χ4n) is 2.38. The van der Waals surface area contributed by atoms with Gasteiger partial charge < -0.3 is 33.7 Å².